The summed E-state index contributed by atoms with van der Waals surface area (Å²) >= 11 is 0. The van der Waals surface area contributed by atoms with E-state index in [-0.39, 0.29) is 6.04 Å². The summed E-state index contributed by atoms with van der Waals surface area (Å²) in [5, 5.41) is 9.24. The van der Waals surface area contributed by atoms with Crippen molar-refractivity contribution in [1.29, 1.82) is 5.26 Å². The van der Waals surface area contributed by atoms with Crippen molar-refractivity contribution >= 4 is 5.82 Å². The molecule has 1 fully saturated rings. The van der Waals surface area contributed by atoms with E-state index in [9.17, 15) is 5.26 Å². The maximum Gasteiger partial charge on any atom is 0.141 e. The lowest BCUT2D eigenvalue weighted by Crippen LogP contribution is -2.30. The molecule has 4 N–H and O–H groups in total. The molecule has 4 nitrogen and oxygen atoms in total. The van der Waals surface area contributed by atoms with Gasteiger partial charge in [0.1, 0.15) is 11.9 Å². The number of anilines is 1. The summed E-state index contributed by atoms with van der Waals surface area (Å²) in [6.07, 6.45) is 5.05. The third-order valence-corrected chi connectivity index (χ3v) is 3.77. The molecule has 0 aromatic carbocycles. The molecule has 1 unspecified atom stereocenters. The van der Waals surface area contributed by atoms with Gasteiger partial charge in [-0.05, 0) is 49.1 Å². The van der Waals surface area contributed by atoms with E-state index in [1.807, 2.05) is 0 Å². The van der Waals surface area contributed by atoms with Crippen molar-refractivity contribution in [1.82, 2.24) is 4.98 Å². The van der Waals surface area contributed by atoms with Crippen molar-refractivity contribution < 1.29 is 0 Å². The van der Waals surface area contributed by atoms with E-state index in [0.717, 1.165) is 30.5 Å². The van der Waals surface area contributed by atoms with Gasteiger partial charge in [0.25, 0.3) is 0 Å². The van der Waals surface area contributed by atoms with E-state index in [2.05, 4.69) is 11.1 Å². The highest BCUT2D eigenvalue weighted by Gasteiger charge is 2.33. The number of nitrogens with two attached hydrogens (primary N) is 2. The van der Waals surface area contributed by atoms with Crippen molar-refractivity contribution in [3.05, 3.63) is 22.4 Å². The Morgan fingerprint density at radius 1 is 1.29 bits per heavy atom. The first kappa shape index (κ1) is 10.5. The summed E-state index contributed by atoms with van der Waals surface area (Å²) in [5.74, 6) is 0.928. The number of pyridine rings is 1. The fourth-order valence-corrected chi connectivity index (χ4v) is 2.77. The Hall–Kier alpha value is -1.60. The van der Waals surface area contributed by atoms with Gasteiger partial charge in [-0.25, -0.2) is 4.98 Å². The standard InChI is InChI=1S/C13H16N4/c14-6-10-12(7-1-2-7)9-5-8(15)3-4-11(9)17-13(10)16/h7-8H,1-5,15H2,(H2,16,17). The molecule has 3 rings (SSSR count). The second kappa shape index (κ2) is 3.71. The Labute approximate surface area is 101 Å². The van der Waals surface area contributed by atoms with Gasteiger partial charge in [0, 0.05) is 11.7 Å². The summed E-state index contributed by atoms with van der Waals surface area (Å²) in [5.41, 5.74) is 16.0. The topological polar surface area (TPSA) is 88.7 Å². The molecule has 2 aliphatic rings. The third kappa shape index (κ3) is 1.67. The lowest BCUT2D eigenvalue weighted by molar-refractivity contribution is 0.563. The van der Waals surface area contributed by atoms with Crippen molar-refractivity contribution in [2.24, 2.45) is 5.73 Å². The van der Waals surface area contributed by atoms with Crippen LogP contribution in [0.1, 0.15) is 47.6 Å². The highest BCUT2D eigenvalue weighted by atomic mass is 14.9. The first-order valence-corrected chi connectivity index (χ1v) is 6.17. The van der Waals surface area contributed by atoms with Gasteiger partial charge < -0.3 is 11.5 Å². The van der Waals surface area contributed by atoms with Gasteiger partial charge in [-0.15, -0.1) is 0 Å². The van der Waals surface area contributed by atoms with Crippen molar-refractivity contribution in [3.8, 4) is 6.07 Å². The molecular weight excluding hydrogens is 212 g/mol. The van der Waals surface area contributed by atoms with E-state index in [1.165, 1.54) is 18.4 Å². The minimum absolute atomic E-state index is 0.206. The Balaban J connectivity index is 2.20. The van der Waals surface area contributed by atoms with Crippen LogP contribution in [0.4, 0.5) is 5.82 Å². The van der Waals surface area contributed by atoms with Crippen molar-refractivity contribution in [3.63, 3.8) is 0 Å². The molecule has 0 saturated heterocycles. The molecule has 0 amide bonds. The van der Waals surface area contributed by atoms with Crippen LogP contribution in [-0.4, -0.2) is 11.0 Å². The molecule has 1 aromatic rings. The Bertz CT molecular complexity index is 511. The van der Waals surface area contributed by atoms with Gasteiger partial charge in [-0.2, -0.15) is 5.26 Å². The molecule has 2 aliphatic carbocycles. The molecule has 1 atom stereocenters. The summed E-state index contributed by atoms with van der Waals surface area (Å²) < 4.78 is 0. The SMILES string of the molecule is N#Cc1c(N)nc2c(c1C1CC1)CC(N)CC2. The van der Waals surface area contributed by atoms with Crippen LogP contribution in [0, 0.1) is 11.3 Å². The fourth-order valence-electron chi connectivity index (χ4n) is 2.77. The normalized spacial score (nSPS) is 22.9. The Morgan fingerprint density at radius 3 is 2.71 bits per heavy atom. The first-order chi connectivity index (χ1) is 8.20. The average molecular weight is 228 g/mol. The minimum atomic E-state index is 0.206. The van der Waals surface area contributed by atoms with E-state index in [1.54, 1.807) is 0 Å². The van der Waals surface area contributed by atoms with E-state index in [4.69, 9.17) is 11.5 Å². The average Bonchev–Trinajstić information content (AvgIpc) is 3.12. The van der Waals surface area contributed by atoms with Gasteiger partial charge in [-0.1, -0.05) is 0 Å². The smallest absolute Gasteiger partial charge is 0.141 e. The number of hydrogen-bond acceptors (Lipinski definition) is 4. The molecule has 88 valence electrons. The van der Waals surface area contributed by atoms with Crippen LogP contribution < -0.4 is 11.5 Å². The van der Waals surface area contributed by atoms with E-state index in [0.29, 0.717) is 17.3 Å². The predicted octanol–water partition coefficient (Wildman–Crippen LogP) is 1.23. The number of nitrogen functional groups attached to an aromatic ring is 1. The molecule has 0 spiro atoms. The van der Waals surface area contributed by atoms with Crippen LogP contribution in [0.5, 0.6) is 0 Å². The van der Waals surface area contributed by atoms with Gasteiger partial charge in [-0.3, -0.25) is 0 Å². The van der Waals surface area contributed by atoms with E-state index < -0.39 is 0 Å². The number of fused-ring (bicyclic) bond motifs is 1. The highest BCUT2D eigenvalue weighted by Crippen LogP contribution is 2.45. The number of nitriles is 1. The van der Waals surface area contributed by atoms with Gasteiger partial charge in [0.05, 0.1) is 5.56 Å². The lowest BCUT2D eigenvalue weighted by Gasteiger charge is -2.24. The van der Waals surface area contributed by atoms with Crippen molar-refractivity contribution in [2.75, 3.05) is 5.73 Å². The van der Waals surface area contributed by atoms with E-state index >= 15 is 0 Å². The molecule has 1 aromatic heterocycles. The molecule has 0 aliphatic heterocycles. The molecule has 17 heavy (non-hydrogen) atoms. The third-order valence-electron chi connectivity index (χ3n) is 3.77. The zero-order valence-corrected chi connectivity index (χ0v) is 9.74. The molecule has 0 radical (unpaired) electrons. The van der Waals surface area contributed by atoms with Gasteiger partial charge >= 0.3 is 0 Å². The van der Waals surface area contributed by atoms with Crippen LogP contribution in [-0.2, 0) is 12.8 Å². The number of nitrogens with zero attached hydrogens (tertiary/aromatic N) is 2. The quantitative estimate of drug-likeness (QED) is 0.756. The monoisotopic (exact) mass is 228 g/mol. The second-order valence-corrected chi connectivity index (χ2v) is 5.10. The lowest BCUT2D eigenvalue weighted by atomic mass is 9.85. The van der Waals surface area contributed by atoms with Crippen LogP contribution >= 0.6 is 0 Å². The maximum atomic E-state index is 9.24. The molecule has 4 heteroatoms. The summed E-state index contributed by atoms with van der Waals surface area (Å²) in [6.45, 7) is 0. The van der Waals surface area contributed by atoms with Crippen LogP contribution in [0.25, 0.3) is 0 Å². The number of aryl methyl sites for hydroxylation is 1. The number of aromatic nitrogens is 1. The largest absolute Gasteiger partial charge is 0.383 e. The van der Waals surface area contributed by atoms with Crippen molar-refractivity contribution in [2.45, 2.75) is 44.1 Å². The Kier molecular flexibility index (Phi) is 2.30. The minimum Gasteiger partial charge on any atom is -0.383 e. The fraction of sp³-hybridized carbons (Fsp3) is 0.538. The van der Waals surface area contributed by atoms with Crippen LogP contribution in [0.2, 0.25) is 0 Å². The predicted molar refractivity (Wildman–Crippen MR) is 65.3 cm³/mol. The first-order valence-electron chi connectivity index (χ1n) is 6.17. The summed E-state index contributed by atoms with van der Waals surface area (Å²) in [6, 6.07) is 2.43. The molecular formula is C13H16N4. The summed E-state index contributed by atoms with van der Waals surface area (Å²) in [4.78, 5) is 4.39. The van der Waals surface area contributed by atoms with Crippen LogP contribution in [0.3, 0.4) is 0 Å². The second-order valence-electron chi connectivity index (χ2n) is 5.10. The Morgan fingerprint density at radius 2 is 2.06 bits per heavy atom. The highest BCUT2D eigenvalue weighted by molar-refractivity contribution is 5.60. The summed E-state index contributed by atoms with van der Waals surface area (Å²) in [7, 11) is 0. The van der Waals surface area contributed by atoms with Gasteiger partial charge in [0.15, 0.2) is 0 Å². The molecule has 1 heterocycles. The molecule has 1 saturated carbocycles. The zero-order valence-electron chi connectivity index (χ0n) is 9.74. The number of rotatable bonds is 1. The maximum absolute atomic E-state index is 9.24. The van der Waals surface area contributed by atoms with Gasteiger partial charge in [0.2, 0.25) is 0 Å². The molecule has 0 bridgehead atoms. The zero-order chi connectivity index (χ0) is 12.0. The number of hydrogen-bond donors (Lipinski definition) is 2. The van der Waals surface area contributed by atoms with Crippen LogP contribution in [0.15, 0.2) is 0 Å².